The van der Waals surface area contributed by atoms with E-state index in [0.29, 0.717) is 11.8 Å². The number of hydrogen-bond acceptors (Lipinski definition) is 6. The van der Waals surface area contributed by atoms with E-state index in [9.17, 15) is 0 Å². The van der Waals surface area contributed by atoms with Crippen molar-refractivity contribution in [2.24, 2.45) is 0 Å². The lowest BCUT2D eigenvalue weighted by atomic mass is 10.3. The molecule has 2 atom stereocenters. The normalized spacial score (nSPS) is 25.0. The van der Waals surface area contributed by atoms with E-state index in [0.717, 1.165) is 13.1 Å². The Bertz CT molecular complexity index is 348. The zero-order valence-corrected chi connectivity index (χ0v) is 9.46. The molecule has 2 N–H and O–H groups in total. The molecule has 0 bridgehead atoms. The highest BCUT2D eigenvalue weighted by atomic mass is 16.5. The van der Waals surface area contributed by atoms with E-state index in [1.165, 1.54) is 0 Å². The summed E-state index contributed by atoms with van der Waals surface area (Å²) in [6.45, 7) is 1.44. The van der Waals surface area contributed by atoms with E-state index in [1.807, 2.05) is 4.90 Å². The summed E-state index contributed by atoms with van der Waals surface area (Å²) in [5, 5.41) is 0. The maximum Gasteiger partial charge on any atom is 0.227 e. The molecule has 2 heterocycles. The first-order chi connectivity index (χ1) is 7.74. The Hall–Kier alpha value is -1.40. The van der Waals surface area contributed by atoms with Crippen LogP contribution in [0.15, 0.2) is 12.3 Å². The highest BCUT2D eigenvalue weighted by molar-refractivity contribution is 5.39. The van der Waals surface area contributed by atoms with Gasteiger partial charge in [0, 0.05) is 33.5 Å². The molecule has 1 aromatic rings. The molecule has 0 aliphatic carbocycles. The standard InChI is InChI=1S/C10H16N4O2/c1-15-7-5-14(6-8(7)16-2)10-12-4-3-9(11)13-10/h3-4,7-8H,5-6H2,1-2H3,(H2,11,12,13). The molecule has 6 heteroatoms. The average molecular weight is 224 g/mol. The van der Waals surface area contributed by atoms with Crippen LogP contribution < -0.4 is 10.6 Å². The molecule has 0 spiro atoms. The van der Waals surface area contributed by atoms with E-state index in [4.69, 9.17) is 15.2 Å². The van der Waals surface area contributed by atoms with Crippen LogP contribution in [0.5, 0.6) is 0 Å². The maximum atomic E-state index is 5.62. The van der Waals surface area contributed by atoms with Crippen molar-refractivity contribution in [3.63, 3.8) is 0 Å². The molecule has 2 unspecified atom stereocenters. The van der Waals surface area contributed by atoms with Gasteiger partial charge in [-0.25, -0.2) is 4.98 Å². The lowest BCUT2D eigenvalue weighted by Crippen LogP contribution is -2.27. The quantitative estimate of drug-likeness (QED) is 0.773. The Morgan fingerprint density at radius 1 is 1.31 bits per heavy atom. The fourth-order valence-corrected chi connectivity index (χ4v) is 1.87. The first kappa shape index (κ1) is 11.1. The van der Waals surface area contributed by atoms with Crippen LogP contribution in [-0.2, 0) is 9.47 Å². The molecule has 0 saturated carbocycles. The van der Waals surface area contributed by atoms with Crippen LogP contribution in [0, 0.1) is 0 Å². The lowest BCUT2D eigenvalue weighted by molar-refractivity contribution is -0.00461. The predicted octanol–water partition coefficient (Wildman–Crippen LogP) is -0.0912. The van der Waals surface area contributed by atoms with E-state index in [1.54, 1.807) is 26.5 Å². The summed E-state index contributed by atoms with van der Waals surface area (Å²) in [6.07, 6.45) is 1.75. The summed E-state index contributed by atoms with van der Waals surface area (Å²) in [4.78, 5) is 10.4. The van der Waals surface area contributed by atoms with Gasteiger partial charge in [-0.3, -0.25) is 0 Å². The van der Waals surface area contributed by atoms with Crippen molar-refractivity contribution in [3.8, 4) is 0 Å². The SMILES string of the molecule is COC1CN(c2nccc(N)n2)CC1OC. The van der Waals surface area contributed by atoms with Gasteiger partial charge in [0.2, 0.25) is 5.95 Å². The van der Waals surface area contributed by atoms with Gasteiger partial charge in [0.1, 0.15) is 18.0 Å². The minimum Gasteiger partial charge on any atom is -0.384 e. The molecule has 1 aromatic heterocycles. The van der Waals surface area contributed by atoms with Crippen LogP contribution in [0.1, 0.15) is 0 Å². The molecular weight excluding hydrogens is 208 g/mol. The first-order valence-corrected chi connectivity index (χ1v) is 5.13. The molecule has 0 aromatic carbocycles. The van der Waals surface area contributed by atoms with Gasteiger partial charge in [-0.15, -0.1) is 0 Å². The van der Waals surface area contributed by atoms with Crippen molar-refractivity contribution in [3.05, 3.63) is 12.3 Å². The second-order valence-electron chi connectivity index (χ2n) is 3.73. The fourth-order valence-electron chi connectivity index (χ4n) is 1.87. The van der Waals surface area contributed by atoms with Crippen LogP contribution in [0.25, 0.3) is 0 Å². The number of nitrogens with two attached hydrogens (primary N) is 1. The second-order valence-corrected chi connectivity index (χ2v) is 3.73. The Labute approximate surface area is 94.4 Å². The zero-order valence-electron chi connectivity index (χ0n) is 9.46. The summed E-state index contributed by atoms with van der Waals surface area (Å²) in [7, 11) is 3.36. The summed E-state index contributed by atoms with van der Waals surface area (Å²) < 4.78 is 10.7. The molecule has 88 valence electrons. The van der Waals surface area contributed by atoms with Gasteiger partial charge in [0.15, 0.2) is 0 Å². The van der Waals surface area contributed by atoms with Crippen LogP contribution in [-0.4, -0.2) is 49.5 Å². The van der Waals surface area contributed by atoms with Gasteiger partial charge in [-0.1, -0.05) is 0 Å². The predicted molar refractivity (Wildman–Crippen MR) is 60.3 cm³/mol. The third-order valence-corrected chi connectivity index (χ3v) is 2.77. The molecule has 1 aliphatic rings. The van der Waals surface area contributed by atoms with Crippen molar-refractivity contribution in [1.29, 1.82) is 0 Å². The third-order valence-electron chi connectivity index (χ3n) is 2.77. The van der Waals surface area contributed by atoms with E-state index < -0.39 is 0 Å². The highest BCUT2D eigenvalue weighted by Crippen LogP contribution is 2.20. The molecule has 6 nitrogen and oxygen atoms in total. The van der Waals surface area contributed by atoms with Gasteiger partial charge in [0.05, 0.1) is 0 Å². The van der Waals surface area contributed by atoms with E-state index >= 15 is 0 Å². The number of methoxy groups -OCH3 is 2. The van der Waals surface area contributed by atoms with Crippen molar-refractivity contribution >= 4 is 11.8 Å². The number of nitrogens with zero attached hydrogens (tertiary/aromatic N) is 3. The monoisotopic (exact) mass is 224 g/mol. The van der Waals surface area contributed by atoms with E-state index in [-0.39, 0.29) is 12.2 Å². The number of nitrogen functional groups attached to an aromatic ring is 1. The Balaban J connectivity index is 2.12. The first-order valence-electron chi connectivity index (χ1n) is 5.13. The zero-order chi connectivity index (χ0) is 11.5. The maximum absolute atomic E-state index is 5.62. The molecular formula is C10H16N4O2. The molecule has 1 saturated heterocycles. The Morgan fingerprint density at radius 3 is 2.44 bits per heavy atom. The van der Waals surface area contributed by atoms with Crippen LogP contribution in [0.4, 0.5) is 11.8 Å². The Morgan fingerprint density at radius 2 is 1.94 bits per heavy atom. The molecule has 0 amide bonds. The third kappa shape index (κ3) is 2.07. The van der Waals surface area contributed by atoms with Crippen molar-refractivity contribution in [1.82, 2.24) is 9.97 Å². The van der Waals surface area contributed by atoms with Crippen LogP contribution in [0.2, 0.25) is 0 Å². The summed E-state index contributed by atoms with van der Waals surface area (Å²) in [6, 6.07) is 1.67. The number of rotatable bonds is 3. The van der Waals surface area contributed by atoms with Gasteiger partial charge >= 0.3 is 0 Å². The van der Waals surface area contributed by atoms with Gasteiger partial charge in [0.25, 0.3) is 0 Å². The van der Waals surface area contributed by atoms with Gasteiger partial charge in [-0.05, 0) is 6.07 Å². The summed E-state index contributed by atoms with van der Waals surface area (Å²) in [5.74, 6) is 1.10. The smallest absolute Gasteiger partial charge is 0.227 e. The second kappa shape index (κ2) is 4.63. The summed E-state index contributed by atoms with van der Waals surface area (Å²) in [5.41, 5.74) is 5.62. The van der Waals surface area contributed by atoms with Crippen molar-refractivity contribution < 1.29 is 9.47 Å². The molecule has 16 heavy (non-hydrogen) atoms. The lowest BCUT2D eigenvalue weighted by Gasteiger charge is -2.15. The minimum atomic E-state index is 0.0510. The van der Waals surface area contributed by atoms with Gasteiger partial charge in [-0.2, -0.15) is 4.98 Å². The molecule has 1 fully saturated rings. The van der Waals surface area contributed by atoms with Crippen LogP contribution in [0.3, 0.4) is 0 Å². The number of hydrogen-bond donors (Lipinski definition) is 1. The highest BCUT2D eigenvalue weighted by Gasteiger charge is 2.34. The summed E-state index contributed by atoms with van der Waals surface area (Å²) >= 11 is 0. The van der Waals surface area contributed by atoms with Crippen molar-refractivity contribution in [2.75, 3.05) is 37.9 Å². The largest absolute Gasteiger partial charge is 0.384 e. The number of anilines is 2. The topological polar surface area (TPSA) is 73.5 Å². The molecule has 2 rings (SSSR count). The minimum absolute atomic E-state index is 0.0510. The number of ether oxygens (including phenoxy) is 2. The fraction of sp³-hybridized carbons (Fsp3) is 0.600. The molecule has 1 aliphatic heterocycles. The van der Waals surface area contributed by atoms with Crippen molar-refractivity contribution in [2.45, 2.75) is 12.2 Å². The van der Waals surface area contributed by atoms with Crippen LogP contribution >= 0.6 is 0 Å². The molecule has 0 radical (unpaired) electrons. The Kier molecular flexibility index (Phi) is 3.21. The van der Waals surface area contributed by atoms with Gasteiger partial charge < -0.3 is 20.1 Å². The number of aromatic nitrogens is 2. The average Bonchev–Trinajstić information content (AvgIpc) is 2.72. The van der Waals surface area contributed by atoms with E-state index in [2.05, 4.69) is 9.97 Å².